The standard InChI is InChI=1S/C21H22N2O3/c1-21(2,3)26-20(24)23-14-16(8-7-15-6-5-11-22-13-15)18-12-17(25-4)9-10-19(18)23/h5-14H,1-4H3/b8-7+. The molecule has 0 aliphatic carbocycles. The van der Waals surface area contributed by atoms with Crippen molar-refractivity contribution in [2.75, 3.05) is 7.11 Å². The molecule has 0 spiro atoms. The normalized spacial score (nSPS) is 11.8. The van der Waals surface area contributed by atoms with E-state index in [0.29, 0.717) is 0 Å². The quantitative estimate of drug-likeness (QED) is 0.667. The summed E-state index contributed by atoms with van der Waals surface area (Å²) in [5, 5.41) is 0.912. The molecular weight excluding hydrogens is 328 g/mol. The van der Waals surface area contributed by atoms with Crippen molar-refractivity contribution in [1.29, 1.82) is 0 Å². The van der Waals surface area contributed by atoms with Crippen molar-refractivity contribution in [3.05, 3.63) is 60.0 Å². The number of ether oxygens (including phenoxy) is 2. The fourth-order valence-corrected chi connectivity index (χ4v) is 2.62. The van der Waals surface area contributed by atoms with Crippen LogP contribution in [0.5, 0.6) is 5.75 Å². The third-order valence-electron chi connectivity index (χ3n) is 3.77. The Kier molecular flexibility index (Phi) is 4.80. The first-order valence-corrected chi connectivity index (χ1v) is 8.38. The number of pyridine rings is 1. The van der Waals surface area contributed by atoms with Gasteiger partial charge in [0.1, 0.15) is 11.4 Å². The van der Waals surface area contributed by atoms with Crippen molar-refractivity contribution in [3.8, 4) is 5.75 Å². The summed E-state index contributed by atoms with van der Waals surface area (Å²) in [6.07, 6.45) is 8.81. The van der Waals surface area contributed by atoms with E-state index in [1.165, 1.54) is 4.57 Å². The van der Waals surface area contributed by atoms with Gasteiger partial charge in [-0.3, -0.25) is 9.55 Å². The molecule has 0 radical (unpaired) electrons. The van der Waals surface area contributed by atoms with Gasteiger partial charge in [0.05, 0.1) is 12.6 Å². The summed E-state index contributed by atoms with van der Waals surface area (Å²) in [4.78, 5) is 16.7. The van der Waals surface area contributed by atoms with Crippen LogP contribution in [0.15, 0.2) is 48.9 Å². The van der Waals surface area contributed by atoms with E-state index in [1.807, 2.05) is 63.3 Å². The highest BCUT2D eigenvalue weighted by atomic mass is 16.6. The van der Waals surface area contributed by atoms with E-state index in [1.54, 1.807) is 25.7 Å². The van der Waals surface area contributed by atoms with Gasteiger partial charge in [-0.15, -0.1) is 0 Å². The van der Waals surface area contributed by atoms with Crippen LogP contribution in [0.2, 0.25) is 0 Å². The van der Waals surface area contributed by atoms with Gasteiger partial charge < -0.3 is 9.47 Å². The molecule has 0 N–H and O–H groups in total. The Morgan fingerprint density at radius 3 is 2.65 bits per heavy atom. The molecule has 0 atom stereocenters. The lowest BCUT2D eigenvalue weighted by Crippen LogP contribution is -2.26. The average molecular weight is 350 g/mol. The molecule has 0 bridgehead atoms. The zero-order chi connectivity index (χ0) is 18.7. The Morgan fingerprint density at radius 2 is 2.00 bits per heavy atom. The second-order valence-electron chi connectivity index (χ2n) is 6.94. The number of hydrogen-bond donors (Lipinski definition) is 0. The number of nitrogens with zero attached hydrogens (tertiary/aromatic N) is 2. The largest absolute Gasteiger partial charge is 0.497 e. The van der Waals surface area contributed by atoms with Crippen molar-refractivity contribution in [2.45, 2.75) is 26.4 Å². The van der Waals surface area contributed by atoms with Crippen molar-refractivity contribution in [1.82, 2.24) is 9.55 Å². The lowest BCUT2D eigenvalue weighted by atomic mass is 10.1. The first kappa shape index (κ1) is 17.7. The zero-order valence-corrected chi connectivity index (χ0v) is 15.4. The highest BCUT2D eigenvalue weighted by Gasteiger charge is 2.20. The summed E-state index contributed by atoms with van der Waals surface area (Å²) in [5.74, 6) is 0.732. The monoisotopic (exact) mass is 350 g/mol. The van der Waals surface area contributed by atoms with Crippen LogP contribution in [0.25, 0.3) is 23.1 Å². The number of carbonyl (C=O) groups excluding carboxylic acids is 1. The van der Waals surface area contributed by atoms with Crippen LogP contribution < -0.4 is 4.74 Å². The summed E-state index contributed by atoms with van der Waals surface area (Å²) in [7, 11) is 1.62. The van der Waals surface area contributed by atoms with E-state index < -0.39 is 11.7 Å². The van der Waals surface area contributed by atoms with E-state index >= 15 is 0 Å². The molecule has 2 aromatic heterocycles. The predicted octanol–water partition coefficient (Wildman–Crippen LogP) is 5.00. The predicted molar refractivity (Wildman–Crippen MR) is 103 cm³/mol. The average Bonchev–Trinajstić information content (AvgIpc) is 2.97. The Hall–Kier alpha value is -3.08. The molecule has 2 heterocycles. The molecule has 1 aromatic carbocycles. The molecule has 134 valence electrons. The maximum Gasteiger partial charge on any atom is 0.419 e. The summed E-state index contributed by atoms with van der Waals surface area (Å²) in [6.45, 7) is 5.55. The van der Waals surface area contributed by atoms with Crippen LogP contribution in [-0.2, 0) is 4.74 Å². The number of carbonyl (C=O) groups is 1. The minimum absolute atomic E-state index is 0.409. The highest BCUT2D eigenvalue weighted by Crippen LogP contribution is 2.28. The Bertz CT molecular complexity index is 951. The number of methoxy groups -OCH3 is 1. The van der Waals surface area contributed by atoms with Gasteiger partial charge in [-0.1, -0.05) is 18.2 Å². The first-order chi connectivity index (χ1) is 12.4. The summed E-state index contributed by atoms with van der Waals surface area (Å²) < 4.78 is 12.4. The molecule has 5 heteroatoms. The van der Waals surface area contributed by atoms with Crippen LogP contribution >= 0.6 is 0 Å². The van der Waals surface area contributed by atoms with Gasteiger partial charge in [-0.05, 0) is 50.6 Å². The molecule has 3 rings (SSSR count). The minimum atomic E-state index is -0.564. The summed E-state index contributed by atoms with van der Waals surface area (Å²) in [6, 6.07) is 9.46. The van der Waals surface area contributed by atoms with Gasteiger partial charge in [0.15, 0.2) is 0 Å². The molecule has 26 heavy (non-hydrogen) atoms. The molecule has 0 aliphatic rings. The molecule has 5 nitrogen and oxygen atoms in total. The fourth-order valence-electron chi connectivity index (χ4n) is 2.62. The van der Waals surface area contributed by atoms with Gasteiger partial charge in [-0.25, -0.2) is 4.79 Å². The van der Waals surface area contributed by atoms with Crippen LogP contribution in [0, 0.1) is 0 Å². The number of aromatic nitrogens is 2. The van der Waals surface area contributed by atoms with Crippen molar-refractivity contribution in [3.63, 3.8) is 0 Å². The van der Waals surface area contributed by atoms with Crippen LogP contribution in [0.1, 0.15) is 31.9 Å². The SMILES string of the molecule is COc1ccc2c(c1)c(/C=C/c1cccnc1)cn2C(=O)OC(C)(C)C. The molecule has 0 unspecified atom stereocenters. The number of benzene rings is 1. The lowest BCUT2D eigenvalue weighted by Gasteiger charge is -2.19. The number of rotatable bonds is 3. The van der Waals surface area contributed by atoms with Gasteiger partial charge in [0.25, 0.3) is 0 Å². The Balaban J connectivity index is 2.07. The molecule has 0 aliphatic heterocycles. The number of hydrogen-bond acceptors (Lipinski definition) is 4. The second-order valence-corrected chi connectivity index (χ2v) is 6.94. The van der Waals surface area contributed by atoms with E-state index in [0.717, 1.165) is 27.8 Å². The van der Waals surface area contributed by atoms with E-state index in [-0.39, 0.29) is 0 Å². The molecular formula is C21H22N2O3. The van der Waals surface area contributed by atoms with Crippen LogP contribution in [0.4, 0.5) is 4.79 Å². The highest BCUT2D eigenvalue weighted by molar-refractivity contribution is 5.97. The third-order valence-corrected chi connectivity index (χ3v) is 3.77. The smallest absolute Gasteiger partial charge is 0.419 e. The van der Waals surface area contributed by atoms with Gasteiger partial charge in [-0.2, -0.15) is 0 Å². The molecule has 0 saturated heterocycles. The van der Waals surface area contributed by atoms with Crippen molar-refractivity contribution >= 4 is 29.1 Å². The maximum absolute atomic E-state index is 12.6. The van der Waals surface area contributed by atoms with Gasteiger partial charge in [0.2, 0.25) is 0 Å². The van der Waals surface area contributed by atoms with Crippen LogP contribution in [0.3, 0.4) is 0 Å². The van der Waals surface area contributed by atoms with Crippen molar-refractivity contribution in [2.24, 2.45) is 0 Å². The molecule has 0 saturated carbocycles. The van der Waals surface area contributed by atoms with Gasteiger partial charge in [0, 0.05) is 29.5 Å². The van der Waals surface area contributed by atoms with Crippen LogP contribution in [-0.4, -0.2) is 28.4 Å². The fraction of sp³-hybridized carbons (Fsp3) is 0.238. The zero-order valence-electron chi connectivity index (χ0n) is 15.4. The Labute approximate surface area is 152 Å². The van der Waals surface area contributed by atoms with E-state index in [4.69, 9.17) is 9.47 Å². The first-order valence-electron chi connectivity index (χ1n) is 8.38. The molecule has 0 fully saturated rings. The lowest BCUT2D eigenvalue weighted by molar-refractivity contribution is 0.0544. The topological polar surface area (TPSA) is 53.4 Å². The van der Waals surface area contributed by atoms with Gasteiger partial charge >= 0.3 is 6.09 Å². The summed E-state index contributed by atoms with van der Waals surface area (Å²) in [5.41, 5.74) is 2.08. The third kappa shape index (κ3) is 3.94. The molecule has 3 aromatic rings. The number of fused-ring (bicyclic) bond motifs is 1. The van der Waals surface area contributed by atoms with E-state index in [2.05, 4.69) is 4.98 Å². The minimum Gasteiger partial charge on any atom is -0.497 e. The summed E-state index contributed by atoms with van der Waals surface area (Å²) >= 11 is 0. The van der Waals surface area contributed by atoms with Crippen molar-refractivity contribution < 1.29 is 14.3 Å². The Morgan fingerprint density at radius 1 is 1.19 bits per heavy atom. The maximum atomic E-state index is 12.6. The molecule has 0 amide bonds. The second kappa shape index (κ2) is 7.04. The van der Waals surface area contributed by atoms with E-state index in [9.17, 15) is 4.79 Å².